The van der Waals surface area contributed by atoms with Gasteiger partial charge in [-0.25, -0.2) is 0 Å². The first kappa shape index (κ1) is 40.7. The Morgan fingerprint density at radius 1 is 0.500 bits per heavy atom. The van der Waals surface area contributed by atoms with Crippen molar-refractivity contribution in [2.24, 2.45) is 0 Å². The second kappa shape index (κ2) is 18.3. The Morgan fingerprint density at radius 3 is 1.23 bits per heavy atom. The lowest BCUT2D eigenvalue weighted by molar-refractivity contribution is -0.277. The molecule has 10 unspecified atom stereocenters. The van der Waals surface area contributed by atoms with Crippen LogP contribution < -0.4 is 20.1 Å². The quantitative estimate of drug-likeness (QED) is 0.0772. The third-order valence-electron chi connectivity index (χ3n) is 9.52. The number of ether oxygens (including phenoxy) is 4. The summed E-state index contributed by atoms with van der Waals surface area (Å²) in [4.78, 5) is 25.9. The van der Waals surface area contributed by atoms with Gasteiger partial charge < -0.3 is 70.4 Å². The van der Waals surface area contributed by atoms with E-state index in [1.165, 1.54) is 0 Å². The summed E-state index contributed by atoms with van der Waals surface area (Å²) in [6.07, 6.45) is -14.0. The van der Waals surface area contributed by atoms with Crippen molar-refractivity contribution in [2.45, 2.75) is 61.4 Å². The second-order valence-electron chi connectivity index (χ2n) is 13.4. The smallest absolute Gasteiger partial charge is 0.251 e. The number of hydrogen-bond acceptors (Lipinski definition) is 14. The van der Waals surface area contributed by atoms with Gasteiger partial charge in [-0.2, -0.15) is 0 Å². The molecule has 0 radical (unpaired) electrons. The van der Waals surface area contributed by atoms with E-state index in [4.69, 9.17) is 18.9 Å². The Labute approximate surface area is 321 Å². The molecule has 10 atom stereocenters. The van der Waals surface area contributed by atoms with E-state index in [-0.39, 0.29) is 24.9 Å². The van der Waals surface area contributed by atoms with Crippen molar-refractivity contribution < 1.29 is 69.4 Å². The minimum atomic E-state index is -1.56. The molecule has 298 valence electrons. The fourth-order valence-corrected chi connectivity index (χ4v) is 6.29. The molecule has 4 aromatic rings. The van der Waals surface area contributed by atoms with E-state index in [1.807, 2.05) is 12.1 Å². The highest BCUT2D eigenvalue weighted by molar-refractivity contribution is 5.96. The number of hydrogen-bond donors (Lipinski definition) is 10. The van der Waals surface area contributed by atoms with Gasteiger partial charge in [-0.05, 0) is 70.8 Å². The molecule has 6 rings (SSSR count). The molecule has 0 spiro atoms. The molecule has 2 heterocycles. The predicted molar refractivity (Wildman–Crippen MR) is 197 cm³/mol. The van der Waals surface area contributed by atoms with Gasteiger partial charge in [-0.15, -0.1) is 0 Å². The Bertz CT molecular complexity index is 1790. The summed E-state index contributed by atoms with van der Waals surface area (Å²) in [6.45, 7) is -0.824. The molecule has 0 aliphatic carbocycles. The third-order valence-corrected chi connectivity index (χ3v) is 9.52. The molecule has 0 bridgehead atoms. The highest BCUT2D eigenvalue weighted by Gasteiger charge is 2.45. The monoisotopic (exact) mass is 776 g/mol. The summed E-state index contributed by atoms with van der Waals surface area (Å²) >= 11 is 0. The van der Waals surface area contributed by atoms with E-state index in [1.54, 1.807) is 84.9 Å². The number of carbonyl (C=O) groups excluding carboxylic acids is 2. The molecular weight excluding hydrogens is 732 g/mol. The lowest BCUT2D eigenvalue weighted by atomic mass is 9.99. The van der Waals surface area contributed by atoms with E-state index in [0.717, 1.165) is 22.3 Å². The molecule has 56 heavy (non-hydrogen) atoms. The minimum Gasteiger partial charge on any atom is -0.462 e. The van der Waals surface area contributed by atoms with Crippen LogP contribution in [-0.2, 0) is 9.47 Å². The molecule has 4 aromatic carbocycles. The van der Waals surface area contributed by atoms with Gasteiger partial charge in [0, 0.05) is 24.2 Å². The highest BCUT2D eigenvalue weighted by Crippen LogP contribution is 2.29. The Hall–Kier alpha value is -4.98. The average Bonchev–Trinajstić information content (AvgIpc) is 3.23. The van der Waals surface area contributed by atoms with Crippen molar-refractivity contribution >= 4 is 11.8 Å². The maximum Gasteiger partial charge on any atom is 0.251 e. The normalized spacial score (nSPS) is 27.6. The van der Waals surface area contributed by atoms with Gasteiger partial charge in [0.25, 0.3) is 11.8 Å². The van der Waals surface area contributed by atoms with Crippen LogP contribution in [0.1, 0.15) is 20.7 Å². The maximum atomic E-state index is 13.0. The largest absolute Gasteiger partial charge is 0.462 e. The zero-order valence-corrected chi connectivity index (χ0v) is 29.9. The first-order valence-electron chi connectivity index (χ1n) is 17.9. The van der Waals surface area contributed by atoms with Gasteiger partial charge >= 0.3 is 0 Å². The number of carbonyl (C=O) groups is 2. The molecule has 16 nitrogen and oxygen atoms in total. The predicted octanol–water partition coefficient (Wildman–Crippen LogP) is -0.462. The summed E-state index contributed by atoms with van der Waals surface area (Å²) in [6, 6.07) is 27.3. The number of benzene rings is 4. The molecule has 10 N–H and O–H groups in total. The van der Waals surface area contributed by atoms with Gasteiger partial charge in [-0.1, -0.05) is 48.5 Å². The van der Waals surface area contributed by atoms with Gasteiger partial charge in [0.05, 0.1) is 13.2 Å². The van der Waals surface area contributed by atoms with Gasteiger partial charge in [0.15, 0.2) is 0 Å². The fourth-order valence-electron chi connectivity index (χ4n) is 6.29. The van der Waals surface area contributed by atoms with Crippen LogP contribution in [0.5, 0.6) is 11.5 Å². The lowest BCUT2D eigenvalue weighted by Crippen LogP contribution is -2.60. The van der Waals surface area contributed by atoms with E-state index >= 15 is 0 Å². The first-order chi connectivity index (χ1) is 27.0. The first-order valence-corrected chi connectivity index (χ1v) is 17.9. The Balaban J connectivity index is 0.975. The summed E-state index contributed by atoms with van der Waals surface area (Å²) in [5.41, 5.74) is 3.78. The van der Waals surface area contributed by atoms with Gasteiger partial charge in [0.2, 0.25) is 12.6 Å². The van der Waals surface area contributed by atoms with E-state index in [2.05, 4.69) is 10.6 Å². The van der Waals surface area contributed by atoms with Crippen LogP contribution in [0.25, 0.3) is 22.3 Å². The van der Waals surface area contributed by atoms with Crippen LogP contribution in [0.15, 0.2) is 97.1 Å². The Kier molecular flexibility index (Phi) is 13.3. The second-order valence-corrected chi connectivity index (χ2v) is 13.4. The molecule has 2 amide bonds. The summed E-state index contributed by atoms with van der Waals surface area (Å²) < 4.78 is 22.1. The van der Waals surface area contributed by atoms with Crippen molar-refractivity contribution in [2.75, 3.05) is 26.3 Å². The van der Waals surface area contributed by atoms with E-state index in [9.17, 15) is 50.4 Å². The van der Waals surface area contributed by atoms with Crippen molar-refractivity contribution in [1.29, 1.82) is 0 Å². The number of aliphatic hydroxyl groups excluding tert-OH is 8. The molecule has 0 saturated carbocycles. The van der Waals surface area contributed by atoms with Crippen LogP contribution in [0.3, 0.4) is 0 Å². The van der Waals surface area contributed by atoms with Crippen LogP contribution >= 0.6 is 0 Å². The summed E-state index contributed by atoms with van der Waals surface area (Å²) in [5, 5.41) is 84.9. The zero-order chi connectivity index (χ0) is 39.9. The minimum absolute atomic E-state index is 0.161. The number of aliphatic hydroxyl groups is 8. The molecular formula is C40H44N2O14. The van der Waals surface area contributed by atoms with Gasteiger partial charge in [-0.3, -0.25) is 9.59 Å². The van der Waals surface area contributed by atoms with Crippen LogP contribution in [0.4, 0.5) is 0 Å². The van der Waals surface area contributed by atoms with Crippen molar-refractivity contribution in [1.82, 2.24) is 10.6 Å². The topological polar surface area (TPSA) is 257 Å². The SMILES string of the molecule is O=C(NCCNC(=O)c1cccc(-c2ccc(OC3OC(CO)C(O)C(O)C3O)cc2)c1)c1cccc(-c2ccc(OC3OC(CO)C(O)C(O)C3O)cc2)c1. The third kappa shape index (κ3) is 9.34. The molecule has 2 aliphatic heterocycles. The van der Waals surface area contributed by atoms with E-state index < -0.39 is 74.6 Å². The standard InChI is InChI=1S/C40H44N2O14/c43-19-29-31(45)33(47)35(49)39(55-29)53-27-11-7-21(8-12-27)23-3-1-5-25(17-23)37(51)41-15-16-42-38(52)26-6-2-4-24(18-26)22-9-13-28(14-10-22)54-40-36(50)34(48)32(46)30(20-44)56-40/h1-14,17-18,29-36,39-40,43-50H,15-16,19-20H2,(H,41,51)(H,42,52). The van der Waals surface area contributed by atoms with Crippen LogP contribution in [-0.4, -0.2) is 140 Å². The maximum absolute atomic E-state index is 13.0. The van der Waals surface area contributed by atoms with Gasteiger partial charge in [0.1, 0.15) is 60.3 Å². The van der Waals surface area contributed by atoms with Crippen molar-refractivity contribution in [3.05, 3.63) is 108 Å². The lowest BCUT2D eigenvalue weighted by Gasteiger charge is -2.39. The Morgan fingerprint density at radius 2 is 0.875 bits per heavy atom. The molecule has 0 aromatic heterocycles. The van der Waals surface area contributed by atoms with E-state index in [0.29, 0.717) is 22.6 Å². The molecule has 2 fully saturated rings. The fraction of sp³-hybridized carbons (Fsp3) is 0.350. The average molecular weight is 777 g/mol. The molecule has 2 aliphatic rings. The number of nitrogens with one attached hydrogen (secondary N) is 2. The van der Waals surface area contributed by atoms with Crippen LogP contribution in [0, 0.1) is 0 Å². The summed E-state index contributed by atoms with van der Waals surface area (Å²) in [7, 11) is 0. The molecule has 16 heteroatoms. The number of amides is 2. The molecule has 2 saturated heterocycles. The number of rotatable bonds is 13. The summed E-state index contributed by atoms with van der Waals surface area (Å²) in [5.74, 6) is -0.0793. The van der Waals surface area contributed by atoms with Crippen molar-refractivity contribution in [3.63, 3.8) is 0 Å². The highest BCUT2D eigenvalue weighted by atomic mass is 16.7. The van der Waals surface area contributed by atoms with Crippen molar-refractivity contribution in [3.8, 4) is 33.8 Å². The zero-order valence-electron chi connectivity index (χ0n) is 29.9. The van der Waals surface area contributed by atoms with Crippen LogP contribution in [0.2, 0.25) is 0 Å².